The van der Waals surface area contributed by atoms with Crippen molar-refractivity contribution in [3.8, 4) is 16.3 Å². The highest BCUT2D eigenvalue weighted by molar-refractivity contribution is 7.13. The van der Waals surface area contributed by atoms with Gasteiger partial charge >= 0.3 is 0 Å². The first-order chi connectivity index (χ1) is 10.5. The van der Waals surface area contributed by atoms with Crippen LogP contribution in [0.4, 0.5) is 0 Å². The molecule has 0 fully saturated rings. The summed E-state index contributed by atoms with van der Waals surface area (Å²) in [7, 11) is 3.95. The maximum absolute atomic E-state index is 12.7. The van der Waals surface area contributed by atoms with Gasteiger partial charge in [0.2, 0.25) is 5.43 Å². The second kappa shape index (κ2) is 5.55. The third kappa shape index (κ3) is 2.51. The van der Waals surface area contributed by atoms with Crippen molar-refractivity contribution in [2.24, 2.45) is 0 Å². The highest BCUT2D eigenvalue weighted by Gasteiger charge is 2.17. The number of hydrogen-bond acceptors (Lipinski definition) is 5. The number of hydrogen-bond donors (Lipinski definition) is 2. The highest BCUT2D eigenvalue weighted by Crippen LogP contribution is 2.28. The van der Waals surface area contributed by atoms with Gasteiger partial charge in [-0.3, -0.25) is 4.79 Å². The van der Waals surface area contributed by atoms with Crippen LogP contribution in [0.2, 0.25) is 0 Å². The van der Waals surface area contributed by atoms with Crippen LogP contribution in [0.15, 0.2) is 33.0 Å². The van der Waals surface area contributed by atoms with Crippen LogP contribution in [0.1, 0.15) is 11.3 Å². The molecule has 3 aromatic rings. The smallest absolute Gasteiger partial charge is 0.202 e. The van der Waals surface area contributed by atoms with Gasteiger partial charge in [0, 0.05) is 11.1 Å². The standard InChI is InChI=1S/C16H16N2O3S/c1-9-8-22-16(17-9)12-7-21-15-10(14(12)20)4-5-13(19)11(15)6-18(2)3/h4-5,7-8,19H,6H2,1-3H3/p+1. The monoisotopic (exact) mass is 317 g/mol. The number of phenolic OH excluding ortho intramolecular Hbond substituents is 1. The number of aromatic nitrogens is 1. The summed E-state index contributed by atoms with van der Waals surface area (Å²) in [6, 6.07) is 3.16. The molecule has 0 saturated carbocycles. The molecule has 2 aromatic heterocycles. The third-order valence-electron chi connectivity index (χ3n) is 3.40. The topological polar surface area (TPSA) is 67.8 Å². The minimum absolute atomic E-state index is 0.120. The van der Waals surface area contributed by atoms with Gasteiger partial charge in [-0.15, -0.1) is 11.3 Å². The summed E-state index contributed by atoms with van der Waals surface area (Å²) in [5.74, 6) is 0.148. The van der Waals surface area contributed by atoms with E-state index in [2.05, 4.69) is 4.98 Å². The van der Waals surface area contributed by atoms with E-state index in [-0.39, 0.29) is 11.2 Å². The summed E-state index contributed by atoms with van der Waals surface area (Å²) in [4.78, 5) is 18.2. The van der Waals surface area contributed by atoms with E-state index in [9.17, 15) is 9.90 Å². The number of aryl methyl sites for hydroxylation is 1. The lowest BCUT2D eigenvalue weighted by molar-refractivity contribution is -0.872. The predicted molar refractivity (Wildman–Crippen MR) is 86.5 cm³/mol. The van der Waals surface area contributed by atoms with Crippen molar-refractivity contribution >= 4 is 22.3 Å². The largest absolute Gasteiger partial charge is 0.507 e. The summed E-state index contributed by atoms with van der Waals surface area (Å²) in [5, 5.41) is 13.1. The molecular formula is C16H17N2O3S+. The minimum atomic E-state index is -0.120. The maximum atomic E-state index is 12.7. The Bertz CT molecular complexity index is 896. The van der Waals surface area contributed by atoms with E-state index in [0.29, 0.717) is 33.6 Å². The summed E-state index contributed by atoms with van der Waals surface area (Å²) in [5.41, 5.74) is 2.31. The van der Waals surface area contributed by atoms with Crippen LogP contribution in [0.3, 0.4) is 0 Å². The number of nitrogens with one attached hydrogen (secondary N) is 1. The molecule has 0 aliphatic carbocycles. The van der Waals surface area contributed by atoms with Gasteiger partial charge in [0.05, 0.1) is 30.6 Å². The van der Waals surface area contributed by atoms with Crippen molar-refractivity contribution in [3.05, 3.63) is 45.3 Å². The molecule has 2 heterocycles. The quantitative estimate of drug-likeness (QED) is 0.769. The highest BCUT2D eigenvalue weighted by atomic mass is 32.1. The van der Waals surface area contributed by atoms with E-state index in [0.717, 1.165) is 10.6 Å². The zero-order valence-electron chi connectivity index (χ0n) is 12.6. The van der Waals surface area contributed by atoms with Crippen LogP contribution in [0, 0.1) is 6.92 Å². The number of phenols is 1. The number of aromatic hydroxyl groups is 1. The van der Waals surface area contributed by atoms with E-state index in [1.807, 2.05) is 26.4 Å². The zero-order chi connectivity index (χ0) is 15.9. The molecule has 0 aliphatic heterocycles. The molecule has 2 N–H and O–H groups in total. The van der Waals surface area contributed by atoms with Gasteiger partial charge in [-0.2, -0.15) is 0 Å². The fourth-order valence-corrected chi connectivity index (χ4v) is 3.20. The number of quaternary nitrogens is 1. The normalized spacial score (nSPS) is 11.5. The predicted octanol–water partition coefficient (Wildman–Crippen LogP) is 1.58. The van der Waals surface area contributed by atoms with E-state index in [4.69, 9.17) is 4.42 Å². The molecule has 0 unspecified atom stereocenters. The van der Waals surface area contributed by atoms with Gasteiger partial charge in [-0.05, 0) is 19.1 Å². The Hall–Kier alpha value is -2.18. The summed E-state index contributed by atoms with van der Waals surface area (Å²) >= 11 is 1.42. The molecule has 114 valence electrons. The molecule has 0 radical (unpaired) electrons. The SMILES string of the molecule is Cc1csc(-c2coc3c(C[NH+](C)C)c(O)ccc3c2=O)n1. The Kier molecular flexibility index (Phi) is 3.72. The molecule has 1 aromatic carbocycles. The molecule has 5 nitrogen and oxygen atoms in total. The van der Waals surface area contributed by atoms with Crippen LogP contribution < -0.4 is 10.3 Å². The third-order valence-corrected chi connectivity index (χ3v) is 4.39. The number of thiazole rings is 1. The van der Waals surface area contributed by atoms with Gasteiger partial charge in [-0.25, -0.2) is 4.98 Å². The van der Waals surface area contributed by atoms with Crippen molar-refractivity contribution in [2.45, 2.75) is 13.5 Å². The van der Waals surface area contributed by atoms with Gasteiger partial charge in [-0.1, -0.05) is 0 Å². The lowest BCUT2D eigenvalue weighted by Gasteiger charge is -2.11. The molecule has 0 bridgehead atoms. The molecule has 0 spiro atoms. The van der Waals surface area contributed by atoms with Gasteiger partial charge in [0.15, 0.2) is 0 Å². The van der Waals surface area contributed by atoms with Crippen molar-refractivity contribution in [1.82, 2.24) is 4.98 Å². The average Bonchev–Trinajstić information content (AvgIpc) is 2.88. The van der Waals surface area contributed by atoms with E-state index >= 15 is 0 Å². The van der Waals surface area contributed by atoms with Gasteiger partial charge < -0.3 is 14.4 Å². The van der Waals surface area contributed by atoms with Crippen LogP contribution in [0.5, 0.6) is 5.75 Å². The first-order valence-corrected chi connectivity index (χ1v) is 7.83. The van der Waals surface area contributed by atoms with Crippen LogP contribution in [-0.2, 0) is 6.54 Å². The van der Waals surface area contributed by atoms with Crippen molar-refractivity contribution in [2.75, 3.05) is 14.1 Å². The minimum Gasteiger partial charge on any atom is -0.507 e. The maximum Gasteiger partial charge on any atom is 0.202 e. The molecule has 0 saturated heterocycles. The van der Waals surface area contributed by atoms with Crippen molar-refractivity contribution in [3.63, 3.8) is 0 Å². The molecule has 0 aliphatic rings. The Balaban J connectivity index is 2.25. The second-order valence-electron chi connectivity index (χ2n) is 5.60. The second-order valence-corrected chi connectivity index (χ2v) is 6.45. The van der Waals surface area contributed by atoms with E-state index < -0.39 is 0 Å². The summed E-state index contributed by atoms with van der Waals surface area (Å²) in [6.07, 6.45) is 1.44. The molecular weight excluding hydrogens is 300 g/mol. The van der Waals surface area contributed by atoms with Crippen LogP contribution in [-0.4, -0.2) is 24.2 Å². The summed E-state index contributed by atoms with van der Waals surface area (Å²) in [6.45, 7) is 2.46. The van der Waals surface area contributed by atoms with Crippen LogP contribution in [0.25, 0.3) is 21.5 Å². The van der Waals surface area contributed by atoms with Crippen LogP contribution >= 0.6 is 11.3 Å². The van der Waals surface area contributed by atoms with Gasteiger partial charge in [0.25, 0.3) is 0 Å². The molecule has 22 heavy (non-hydrogen) atoms. The number of nitrogens with zero attached hydrogens (tertiary/aromatic N) is 1. The van der Waals surface area contributed by atoms with Gasteiger partial charge in [0.1, 0.15) is 29.1 Å². The summed E-state index contributed by atoms with van der Waals surface area (Å²) < 4.78 is 5.69. The fourth-order valence-electron chi connectivity index (χ4n) is 2.40. The molecule has 3 rings (SSSR count). The first kappa shape index (κ1) is 14.7. The number of benzene rings is 1. The average molecular weight is 317 g/mol. The lowest BCUT2D eigenvalue weighted by atomic mass is 10.1. The zero-order valence-corrected chi connectivity index (χ0v) is 13.5. The van der Waals surface area contributed by atoms with Crippen molar-refractivity contribution in [1.29, 1.82) is 0 Å². The molecule has 0 amide bonds. The first-order valence-electron chi connectivity index (χ1n) is 6.95. The Morgan fingerprint density at radius 2 is 2.14 bits per heavy atom. The lowest BCUT2D eigenvalue weighted by Crippen LogP contribution is -3.04. The van der Waals surface area contributed by atoms with E-state index in [1.165, 1.54) is 17.6 Å². The Morgan fingerprint density at radius 3 is 2.77 bits per heavy atom. The number of rotatable bonds is 3. The molecule has 0 atom stereocenters. The van der Waals surface area contributed by atoms with E-state index in [1.54, 1.807) is 12.1 Å². The number of fused-ring (bicyclic) bond motifs is 1. The Labute approximate surface area is 131 Å². The molecule has 6 heteroatoms. The fraction of sp³-hybridized carbons (Fsp3) is 0.250. The Morgan fingerprint density at radius 1 is 1.36 bits per heavy atom. The van der Waals surface area contributed by atoms with Crippen molar-refractivity contribution < 1.29 is 14.4 Å².